The molecule has 5 atom stereocenters. The Morgan fingerprint density at radius 3 is 2.05 bits per heavy atom. The molecule has 1 aliphatic heterocycles. The number of Topliss-reactive ketones (excluding diaryl/α,β-unsaturated/α-hetero) is 2. The van der Waals surface area contributed by atoms with Gasteiger partial charge in [-0.05, 0) is 6.92 Å². The van der Waals surface area contributed by atoms with E-state index < -0.39 is 53.8 Å². The molecule has 1 aliphatic rings. The number of hydrogen-bond donors (Lipinski definition) is 4. The minimum Gasteiger partial charge on any atom is -0.423 e. The molecule has 1 rings (SSSR count). The second kappa shape index (κ2) is 5.78. The highest BCUT2D eigenvalue weighted by molar-refractivity contribution is 5.99. The van der Waals surface area contributed by atoms with Crippen LogP contribution in [0.25, 0.3) is 0 Å². The molecule has 0 aromatic rings. The van der Waals surface area contributed by atoms with Gasteiger partial charge in [0.2, 0.25) is 5.78 Å². The number of hydrogen-bond acceptors (Lipinski definition) is 9. The number of ether oxygens (including phenoxy) is 2. The first-order valence-electron chi connectivity index (χ1n) is 6.20. The van der Waals surface area contributed by atoms with Crippen LogP contribution in [0.3, 0.4) is 0 Å². The molecule has 0 aliphatic carbocycles. The van der Waals surface area contributed by atoms with Crippen molar-refractivity contribution in [3.63, 3.8) is 0 Å². The molecule has 1 unspecified atom stereocenters. The van der Waals surface area contributed by atoms with Gasteiger partial charge in [-0.3, -0.25) is 14.4 Å². The molecule has 0 aromatic heterocycles. The van der Waals surface area contributed by atoms with E-state index >= 15 is 0 Å². The predicted molar refractivity (Wildman–Crippen MR) is 66.7 cm³/mol. The molecule has 0 aromatic carbocycles. The van der Waals surface area contributed by atoms with Crippen LogP contribution in [0.2, 0.25) is 0 Å². The van der Waals surface area contributed by atoms with Crippen LogP contribution in [0.5, 0.6) is 0 Å². The summed E-state index contributed by atoms with van der Waals surface area (Å²) in [7, 11) is 0. The molecule has 21 heavy (non-hydrogen) atoms. The lowest BCUT2D eigenvalue weighted by atomic mass is 9.73. The van der Waals surface area contributed by atoms with E-state index in [0.29, 0.717) is 0 Å². The highest BCUT2D eigenvalue weighted by Crippen LogP contribution is 2.39. The van der Waals surface area contributed by atoms with E-state index in [1.165, 1.54) is 0 Å². The van der Waals surface area contributed by atoms with E-state index in [0.717, 1.165) is 20.8 Å². The molecule has 5 N–H and O–H groups in total. The van der Waals surface area contributed by atoms with Crippen LogP contribution in [0.4, 0.5) is 0 Å². The normalized spacial score (nSPS) is 39.7. The second-order valence-corrected chi connectivity index (χ2v) is 4.97. The van der Waals surface area contributed by atoms with Gasteiger partial charge in [-0.15, -0.1) is 0 Å². The Morgan fingerprint density at radius 1 is 1.19 bits per heavy atom. The van der Waals surface area contributed by atoms with Gasteiger partial charge in [-0.2, -0.15) is 0 Å². The van der Waals surface area contributed by atoms with E-state index in [-0.39, 0.29) is 0 Å². The SMILES string of the molecule is CC(=O)OC1(C(C)=O)O[C@H](CO)[C@H](O)[C@H](O)[C@]1(N)C(C)=O. The van der Waals surface area contributed by atoms with Crippen LogP contribution in [-0.4, -0.2) is 69.1 Å². The summed E-state index contributed by atoms with van der Waals surface area (Å²) < 4.78 is 9.99. The summed E-state index contributed by atoms with van der Waals surface area (Å²) >= 11 is 0. The number of aliphatic hydroxyl groups is 3. The maximum absolute atomic E-state index is 12.0. The average molecular weight is 305 g/mol. The zero-order valence-corrected chi connectivity index (χ0v) is 11.9. The van der Waals surface area contributed by atoms with Crippen LogP contribution in [0.15, 0.2) is 0 Å². The first-order valence-corrected chi connectivity index (χ1v) is 6.20. The summed E-state index contributed by atoms with van der Waals surface area (Å²) in [6, 6.07) is 0. The summed E-state index contributed by atoms with van der Waals surface area (Å²) in [6.07, 6.45) is -5.18. The third-order valence-corrected chi connectivity index (χ3v) is 3.55. The second-order valence-electron chi connectivity index (χ2n) is 4.97. The maximum atomic E-state index is 12.0. The summed E-state index contributed by atoms with van der Waals surface area (Å²) in [5.74, 6) is -5.50. The molecule has 1 fully saturated rings. The van der Waals surface area contributed by atoms with Gasteiger partial charge in [0.25, 0.3) is 0 Å². The lowest BCUT2D eigenvalue weighted by molar-refractivity contribution is -0.319. The molecular weight excluding hydrogens is 286 g/mol. The molecule has 0 spiro atoms. The fourth-order valence-corrected chi connectivity index (χ4v) is 2.39. The summed E-state index contributed by atoms with van der Waals surface area (Å²) in [5.41, 5.74) is 3.31. The Hall–Kier alpha value is -1.39. The first-order chi connectivity index (χ1) is 9.54. The third kappa shape index (κ3) is 2.47. The molecule has 0 bridgehead atoms. The van der Waals surface area contributed by atoms with Gasteiger partial charge in [-0.1, -0.05) is 0 Å². The van der Waals surface area contributed by atoms with E-state index in [4.69, 9.17) is 20.3 Å². The molecule has 1 saturated heterocycles. The van der Waals surface area contributed by atoms with Crippen LogP contribution < -0.4 is 5.73 Å². The Balaban J connectivity index is 3.55. The van der Waals surface area contributed by atoms with Gasteiger partial charge in [-0.25, -0.2) is 0 Å². The van der Waals surface area contributed by atoms with Gasteiger partial charge in [0, 0.05) is 13.8 Å². The standard InChI is InChI=1S/C12H19NO8/c1-5(15)11(13)10(19)9(18)8(4-14)21-12(11,6(2)16)20-7(3)17/h8-10,14,18-19H,4,13H2,1-3H3/t8-,9+,10+,11-,12?/m1/s1. The minimum absolute atomic E-state index is 0.789. The third-order valence-electron chi connectivity index (χ3n) is 3.55. The smallest absolute Gasteiger partial charge is 0.305 e. The van der Waals surface area contributed by atoms with Crippen LogP contribution in [-0.2, 0) is 23.9 Å². The van der Waals surface area contributed by atoms with Crippen molar-refractivity contribution >= 4 is 17.5 Å². The Bertz CT molecular complexity index is 466. The minimum atomic E-state index is -2.63. The highest BCUT2D eigenvalue weighted by Gasteiger charge is 2.70. The molecule has 120 valence electrons. The van der Waals surface area contributed by atoms with Crippen molar-refractivity contribution in [1.29, 1.82) is 0 Å². The zero-order valence-electron chi connectivity index (χ0n) is 11.9. The monoisotopic (exact) mass is 305 g/mol. The van der Waals surface area contributed by atoms with Gasteiger partial charge < -0.3 is 30.5 Å². The fraction of sp³-hybridized carbons (Fsp3) is 0.750. The van der Waals surface area contributed by atoms with Crippen molar-refractivity contribution in [3.05, 3.63) is 0 Å². The topological polar surface area (TPSA) is 156 Å². The Labute approximate surface area is 120 Å². The quantitative estimate of drug-likeness (QED) is 0.404. The van der Waals surface area contributed by atoms with Gasteiger partial charge in [0.05, 0.1) is 6.61 Å². The molecule has 0 radical (unpaired) electrons. The van der Waals surface area contributed by atoms with Crippen molar-refractivity contribution in [2.24, 2.45) is 5.73 Å². The number of esters is 1. The molecule has 9 heteroatoms. The summed E-state index contributed by atoms with van der Waals surface area (Å²) in [4.78, 5) is 35.2. The van der Waals surface area contributed by atoms with E-state index in [1.54, 1.807) is 0 Å². The molecule has 1 heterocycles. The van der Waals surface area contributed by atoms with E-state index in [2.05, 4.69) is 0 Å². The van der Waals surface area contributed by atoms with Crippen LogP contribution in [0.1, 0.15) is 20.8 Å². The van der Waals surface area contributed by atoms with E-state index in [9.17, 15) is 24.6 Å². The number of rotatable bonds is 4. The van der Waals surface area contributed by atoms with Crippen LogP contribution in [0, 0.1) is 0 Å². The average Bonchev–Trinajstić information content (AvgIpc) is 2.38. The molecular formula is C12H19NO8. The van der Waals surface area contributed by atoms with Gasteiger partial charge in [0.1, 0.15) is 18.3 Å². The maximum Gasteiger partial charge on any atom is 0.305 e. The number of ketones is 2. The number of carbonyl (C=O) groups excluding carboxylic acids is 3. The lowest BCUT2D eigenvalue weighted by Gasteiger charge is -2.52. The first kappa shape index (κ1) is 17.7. The number of aliphatic hydroxyl groups excluding tert-OH is 3. The predicted octanol–water partition coefficient (Wildman–Crippen LogP) is -2.77. The van der Waals surface area contributed by atoms with Gasteiger partial charge in [0.15, 0.2) is 11.3 Å². The molecule has 9 nitrogen and oxygen atoms in total. The summed E-state index contributed by atoms with van der Waals surface area (Å²) in [5, 5.41) is 29.1. The number of nitrogens with two attached hydrogens (primary N) is 1. The number of carbonyl (C=O) groups is 3. The molecule has 0 amide bonds. The van der Waals surface area contributed by atoms with Crippen molar-refractivity contribution < 1.29 is 39.2 Å². The van der Waals surface area contributed by atoms with Gasteiger partial charge >= 0.3 is 11.8 Å². The van der Waals surface area contributed by atoms with Crippen molar-refractivity contribution in [1.82, 2.24) is 0 Å². The van der Waals surface area contributed by atoms with Crippen molar-refractivity contribution in [3.8, 4) is 0 Å². The Morgan fingerprint density at radius 2 is 1.71 bits per heavy atom. The molecule has 0 saturated carbocycles. The summed E-state index contributed by atoms with van der Waals surface area (Å²) in [6.45, 7) is 2.08. The lowest BCUT2D eigenvalue weighted by Crippen LogP contribution is -2.82. The van der Waals surface area contributed by atoms with Crippen LogP contribution >= 0.6 is 0 Å². The Kier molecular flexibility index (Phi) is 4.86. The largest absolute Gasteiger partial charge is 0.423 e. The zero-order chi connectivity index (χ0) is 16.6. The van der Waals surface area contributed by atoms with Crippen molar-refractivity contribution in [2.75, 3.05) is 6.61 Å². The fourth-order valence-electron chi connectivity index (χ4n) is 2.39. The van der Waals surface area contributed by atoms with Crippen molar-refractivity contribution in [2.45, 2.75) is 50.4 Å². The highest BCUT2D eigenvalue weighted by atomic mass is 16.7. The van der Waals surface area contributed by atoms with E-state index in [1.807, 2.05) is 0 Å².